The van der Waals surface area contributed by atoms with E-state index in [0.29, 0.717) is 6.20 Å². The molecule has 1 heterocycles. The van der Waals surface area contributed by atoms with Crippen LogP contribution in [0.5, 0.6) is 0 Å². The van der Waals surface area contributed by atoms with Crippen molar-refractivity contribution in [3.05, 3.63) is 33.7 Å². The number of hydrogen-bond donors (Lipinski definition) is 0. The van der Waals surface area contributed by atoms with E-state index in [9.17, 15) is 17.6 Å². The number of alkyl halides is 3. The quantitative estimate of drug-likeness (QED) is 0.567. The summed E-state index contributed by atoms with van der Waals surface area (Å²) in [5.41, 5.74) is -0.991. The molecule has 14 heavy (non-hydrogen) atoms. The molecule has 0 aliphatic rings. The van der Waals surface area contributed by atoms with Crippen LogP contribution in [0.4, 0.5) is 17.6 Å². The van der Waals surface area contributed by atoms with Crippen LogP contribution in [0.1, 0.15) is 11.3 Å². The van der Waals surface area contributed by atoms with Crippen molar-refractivity contribution in [2.24, 2.45) is 0 Å². The molecular formula is C8H4F4IN. The first-order valence-corrected chi connectivity index (χ1v) is 4.69. The van der Waals surface area contributed by atoms with Crippen LogP contribution in [0.15, 0.2) is 22.4 Å². The van der Waals surface area contributed by atoms with Crippen molar-refractivity contribution in [3.63, 3.8) is 0 Å². The van der Waals surface area contributed by atoms with Crippen molar-refractivity contribution in [1.82, 2.24) is 4.98 Å². The van der Waals surface area contributed by atoms with Crippen LogP contribution in [0.25, 0.3) is 5.83 Å². The number of pyridine rings is 1. The standard InChI is InChI=1S/C8H4F4IN/c9-6(3-13)7-2-1-5(4-14-7)8(10,11)12/h1-4H. The number of halogens is 5. The lowest BCUT2D eigenvalue weighted by Gasteiger charge is -2.05. The molecule has 0 radical (unpaired) electrons. The summed E-state index contributed by atoms with van der Waals surface area (Å²) in [5, 5.41) is 0. The Balaban J connectivity index is 3.01. The second-order valence-electron chi connectivity index (χ2n) is 2.39. The van der Waals surface area contributed by atoms with E-state index < -0.39 is 17.6 Å². The van der Waals surface area contributed by atoms with Crippen LogP contribution >= 0.6 is 22.6 Å². The highest BCUT2D eigenvalue weighted by Gasteiger charge is 2.30. The molecule has 0 N–H and O–H groups in total. The van der Waals surface area contributed by atoms with Gasteiger partial charge in [-0.05, 0) is 34.7 Å². The van der Waals surface area contributed by atoms with E-state index in [2.05, 4.69) is 4.98 Å². The van der Waals surface area contributed by atoms with Gasteiger partial charge in [0.05, 0.1) is 11.3 Å². The van der Waals surface area contributed by atoms with Gasteiger partial charge < -0.3 is 0 Å². The number of nitrogens with zero attached hydrogens (tertiary/aromatic N) is 1. The molecule has 0 unspecified atom stereocenters. The smallest absolute Gasteiger partial charge is 0.253 e. The fourth-order valence-electron chi connectivity index (χ4n) is 0.759. The zero-order valence-corrected chi connectivity index (χ0v) is 8.80. The summed E-state index contributed by atoms with van der Waals surface area (Å²) >= 11 is 1.64. The van der Waals surface area contributed by atoms with Gasteiger partial charge in [-0.15, -0.1) is 0 Å². The summed E-state index contributed by atoms with van der Waals surface area (Å²) in [5.74, 6) is -0.653. The Kier molecular flexibility index (Phi) is 3.46. The average molecular weight is 317 g/mol. The Morgan fingerprint density at radius 2 is 2.00 bits per heavy atom. The molecule has 1 rings (SSSR count). The van der Waals surface area contributed by atoms with Crippen molar-refractivity contribution >= 4 is 28.4 Å². The summed E-state index contributed by atoms with van der Waals surface area (Å²) in [7, 11) is 0. The van der Waals surface area contributed by atoms with Gasteiger partial charge in [0.25, 0.3) is 0 Å². The lowest BCUT2D eigenvalue weighted by Crippen LogP contribution is -2.05. The molecule has 76 valence electrons. The van der Waals surface area contributed by atoms with E-state index in [0.717, 1.165) is 16.2 Å². The molecule has 0 amide bonds. The van der Waals surface area contributed by atoms with E-state index in [-0.39, 0.29) is 5.69 Å². The molecule has 0 aliphatic carbocycles. The summed E-state index contributed by atoms with van der Waals surface area (Å²) in [6.45, 7) is 0. The van der Waals surface area contributed by atoms with Gasteiger partial charge in [-0.2, -0.15) is 13.2 Å². The monoisotopic (exact) mass is 317 g/mol. The maximum Gasteiger partial charge on any atom is 0.417 e. The van der Waals surface area contributed by atoms with Crippen molar-refractivity contribution in [2.45, 2.75) is 6.18 Å². The van der Waals surface area contributed by atoms with Gasteiger partial charge in [0.1, 0.15) is 0 Å². The van der Waals surface area contributed by atoms with E-state index >= 15 is 0 Å². The molecule has 0 aromatic carbocycles. The number of rotatable bonds is 1. The third-order valence-corrected chi connectivity index (χ3v) is 1.98. The van der Waals surface area contributed by atoms with Crippen molar-refractivity contribution in [2.75, 3.05) is 0 Å². The first-order chi connectivity index (χ1) is 6.45. The fourth-order valence-corrected chi connectivity index (χ4v) is 1.08. The second kappa shape index (κ2) is 4.24. The van der Waals surface area contributed by atoms with Crippen molar-refractivity contribution in [1.29, 1.82) is 0 Å². The number of hydrogen-bond acceptors (Lipinski definition) is 1. The summed E-state index contributed by atoms with van der Waals surface area (Å²) in [6.07, 6.45) is -3.83. The summed E-state index contributed by atoms with van der Waals surface area (Å²) in [4.78, 5) is 3.35. The largest absolute Gasteiger partial charge is 0.417 e. The molecule has 1 nitrogen and oxygen atoms in total. The lowest BCUT2D eigenvalue weighted by atomic mass is 10.2. The maximum atomic E-state index is 12.8. The highest BCUT2D eigenvalue weighted by Crippen LogP contribution is 2.29. The first-order valence-electron chi connectivity index (χ1n) is 3.44. The minimum absolute atomic E-state index is 0.104. The van der Waals surface area contributed by atoms with Crippen LogP contribution in [0, 0.1) is 0 Å². The van der Waals surface area contributed by atoms with Gasteiger partial charge in [0.2, 0.25) is 0 Å². The Bertz CT molecular complexity index is 341. The van der Waals surface area contributed by atoms with Crippen LogP contribution in [-0.4, -0.2) is 4.98 Å². The highest BCUT2D eigenvalue weighted by molar-refractivity contribution is 14.1. The Morgan fingerprint density at radius 3 is 2.36 bits per heavy atom. The fraction of sp³-hybridized carbons (Fsp3) is 0.125. The molecule has 0 aliphatic heterocycles. The SMILES string of the molecule is FC(=CI)c1ccc(C(F)(F)F)cn1. The molecule has 6 heteroatoms. The summed E-state index contributed by atoms with van der Waals surface area (Å²) < 4.78 is 50.1. The molecular weight excluding hydrogens is 313 g/mol. The lowest BCUT2D eigenvalue weighted by molar-refractivity contribution is -0.137. The van der Waals surface area contributed by atoms with Gasteiger partial charge in [-0.1, -0.05) is 0 Å². The van der Waals surface area contributed by atoms with Crippen LogP contribution in [0.2, 0.25) is 0 Å². The third-order valence-electron chi connectivity index (χ3n) is 1.43. The molecule has 1 aromatic rings. The van der Waals surface area contributed by atoms with E-state index in [1.165, 1.54) is 0 Å². The average Bonchev–Trinajstić information content (AvgIpc) is 2.15. The van der Waals surface area contributed by atoms with E-state index in [4.69, 9.17) is 0 Å². The molecule has 0 atom stereocenters. The minimum atomic E-state index is -4.43. The third kappa shape index (κ3) is 2.66. The van der Waals surface area contributed by atoms with Crippen LogP contribution in [0.3, 0.4) is 0 Å². The van der Waals surface area contributed by atoms with Crippen molar-refractivity contribution < 1.29 is 17.6 Å². The Morgan fingerprint density at radius 1 is 1.36 bits per heavy atom. The van der Waals surface area contributed by atoms with E-state index in [1.807, 2.05) is 0 Å². The van der Waals surface area contributed by atoms with Gasteiger partial charge in [-0.25, -0.2) is 4.39 Å². The first kappa shape index (κ1) is 11.4. The minimum Gasteiger partial charge on any atom is -0.253 e. The van der Waals surface area contributed by atoms with Crippen molar-refractivity contribution in [3.8, 4) is 0 Å². The maximum absolute atomic E-state index is 12.8. The second-order valence-corrected chi connectivity index (χ2v) is 3.01. The normalized spacial score (nSPS) is 13.1. The van der Waals surface area contributed by atoms with Crippen LogP contribution < -0.4 is 0 Å². The van der Waals surface area contributed by atoms with Gasteiger partial charge in [0, 0.05) is 10.3 Å². The van der Waals surface area contributed by atoms with Crippen LogP contribution in [-0.2, 0) is 6.18 Å². The molecule has 0 spiro atoms. The van der Waals surface area contributed by atoms with Gasteiger partial charge in [-0.3, -0.25) is 4.98 Å². The Labute approximate surface area is 91.0 Å². The predicted octanol–water partition coefficient (Wildman–Crippen LogP) is 3.80. The molecule has 0 fully saturated rings. The molecule has 0 bridgehead atoms. The molecule has 0 saturated heterocycles. The zero-order chi connectivity index (χ0) is 10.8. The summed E-state index contributed by atoms with van der Waals surface area (Å²) in [6, 6.07) is 1.79. The zero-order valence-electron chi connectivity index (χ0n) is 6.65. The topological polar surface area (TPSA) is 12.9 Å². The molecule has 0 saturated carbocycles. The highest BCUT2D eigenvalue weighted by atomic mass is 127. The predicted molar refractivity (Wildman–Crippen MR) is 52.3 cm³/mol. The van der Waals surface area contributed by atoms with Gasteiger partial charge in [0.15, 0.2) is 5.83 Å². The van der Waals surface area contributed by atoms with E-state index in [1.54, 1.807) is 22.6 Å². The Hall–Kier alpha value is -0.660. The molecule has 1 aromatic heterocycles. The number of aromatic nitrogens is 1. The van der Waals surface area contributed by atoms with Gasteiger partial charge >= 0.3 is 6.18 Å².